The van der Waals surface area contributed by atoms with Crippen LogP contribution in [0.4, 0.5) is 24.7 Å². The topological polar surface area (TPSA) is 45.2 Å². The van der Waals surface area contributed by atoms with Crippen LogP contribution in [0.25, 0.3) is 0 Å². The number of ketones is 1. The lowest BCUT2D eigenvalue weighted by molar-refractivity contribution is -0.112. The predicted octanol–water partition coefficient (Wildman–Crippen LogP) is 6.92. The minimum atomic E-state index is -0.555. The van der Waals surface area contributed by atoms with Crippen molar-refractivity contribution in [3.05, 3.63) is 101 Å². The summed E-state index contributed by atoms with van der Waals surface area (Å²) in [7, 11) is 0. The van der Waals surface area contributed by atoms with Gasteiger partial charge in [-0.3, -0.25) is 9.69 Å². The van der Waals surface area contributed by atoms with Crippen LogP contribution in [-0.4, -0.2) is 10.8 Å². The van der Waals surface area contributed by atoms with Crippen molar-refractivity contribution in [1.82, 2.24) is 4.98 Å². The Morgan fingerprint density at radius 3 is 2.70 bits per heavy atom. The van der Waals surface area contributed by atoms with E-state index >= 15 is 4.39 Å². The second-order valence-corrected chi connectivity index (χ2v) is 7.72. The fourth-order valence-corrected chi connectivity index (χ4v) is 3.36. The molecule has 4 nitrogen and oxygen atoms in total. The van der Waals surface area contributed by atoms with Gasteiger partial charge in [0.1, 0.15) is 29.1 Å². The molecule has 1 heterocycles. The Hall–Kier alpha value is -3.61. The molecule has 3 rings (SSSR count). The normalized spacial score (nSPS) is 14.8. The van der Waals surface area contributed by atoms with Crippen molar-refractivity contribution in [1.29, 1.82) is 0 Å². The summed E-state index contributed by atoms with van der Waals surface area (Å²) in [6.07, 6.45) is 9.73. The Kier molecular flexibility index (Phi) is 7.87. The Bertz CT molecular complexity index is 1150. The van der Waals surface area contributed by atoms with Crippen LogP contribution in [0.3, 0.4) is 0 Å². The van der Waals surface area contributed by atoms with E-state index in [2.05, 4.69) is 10.3 Å². The van der Waals surface area contributed by atoms with E-state index in [1.807, 2.05) is 13.8 Å². The van der Waals surface area contributed by atoms with Gasteiger partial charge < -0.3 is 5.32 Å². The van der Waals surface area contributed by atoms with Crippen molar-refractivity contribution in [3.63, 3.8) is 0 Å². The largest absolute Gasteiger partial charge is 0.339 e. The molecule has 1 aliphatic carbocycles. The van der Waals surface area contributed by atoms with Gasteiger partial charge in [-0.15, -0.1) is 0 Å². The van der Waals surface area contributed by atoms with Crippen LogP contribution >= 0.6 is 0 Å². The van der Waals surface area contributed by atoms with Crippen molar-refractivity contribution in [2.45, 2.75) is 39.5 Å². The number of carbonyl (C=O) groups excluding carboxylic acids is 1. The minimum absolute atomic E-state index is 0.0758. The fraction of sp³-hybridized carbons (Fsp3) is 0.231. The first-order valence-corrected chi connectivity index (χ1v) is 10.7. The van der Waals surface area contributed by atoms with Gasteiger partial charge in [-0.25, -0.2) is 18.2 Å². The van der Waals surface area contributed by atoms with E-state index in [-0.39, 0.29) is 34.7 Å². The number of allylic oxidation sites excluding steroid dienone is 6. The third kappa shape index (κ3) is 5.80. The second-order valence-electron chi connectivity index (χ2n) is 7.72. The quantitative estimate of drug-likeness (QED) is 0.441. The molecule has 1 N–H and O–H groups in total. The summed E-state index contributed by atoms with van der Waals surface area (Å²) >= 11 is 0. The van der Waals surface area contributed by atoms with Crippen molar-refractivity contribution in [2.75, 3.05) is 10.2 Å². The maximum atomic E-state index is 15.2. The van der Waals surface area contributed by atoms with Crippen LogP contribution < -0.4 is 10.2 Å². The molecular formula is C26H26F3N3O. The van der Waals surface area contributed by atoms with Gasteiger partial charge in [0.25, 0.3) is 0 Å². The van der Waals surface area contributed by atoms with E-state index in [1.165, 1.54) is 54.3 Å². The molecule has 33 heavy (non-hydrogen) atoms. The summed E-state index contributed by atoms with van der Waals surface area (Å²) in [6, 6.07) is 7.46. The fourth-order valence-electron chi connectivity index (χ4n) is 3.36. The maximum absolute atomic E-state index is 15.2. The first kappa shape index (κ1) is 24.0. The smallest absolute Gasteiger partial charge is 0.156 e. The number of benzene rings is 1. The average molecular weight is 454 g/mol. The molecule has 0 saturated heterocycles. The number of rotatable bonds is 8. The Morgan fingerprint density at radius 1 is 1.24 bits per heavy atom. The van der Waals surface area contributed by atoms with Crippen LogP contribution in [0.5, 0.6) is 0 Å². The zero-order chi connectivity index (χ0) is 24.0. The SMILES string of the molecule is CCC(C)c1cc(N(C2=CC=CCC=C2F)/C(=C\C(C)=O)Nc2ccccc2F)ncc1F. The number of nitrogens with zero attached hydrogens (tertiary/aromatic N) is 2. The Balaban J connectivity index is 2.23. The molecule has 1 atom stereocenters. The van der Waals surface area contributed by atoms with Crippen LogP contribution in [0.2, 0.25) is 0 Å². The van der Waals surface area contributed by atoms with Crippen LogP contribution in [0.15, 0.2) is 84.3 Å². The number of carbonyl (C=O) groups is 1. The summed E-state index contributed by atoms with van der Waals surface area (Å²) in [4.78, 5) is 17.7. The molecule has 1 aromatic carbocycles. The number of halogens is 3. The lowest BCUT2D eigenvalue weighted by Crippen LogP contribution is -2.29. The van der Waals surface area contributed by atoms with Crippen LogP contribution in [0, 0.1) is 11.6 Å². The zero-order valence-electron chi connectivity index (χ0n) is 18.8. The molecule has 1 unspecified atom stereocenters. The lowest BCUT2D eigenvalue weighted by atomic mass is 9.99. The Morgan fingerprint density at radius 2 is 2.00 bits per heavy atom. The minimum Gasteiger partial charge on any atom is -0.339 e. The van der Waals surface area contributed by atoms with Gasteiger partial charge in [-0.2, -0.15) is 0 Å². The molecule has 0 spiro atoms. The standard InChI is InChI=1S/C26H26F3N3O/c1-4-17(2)19-15-25(30-16-22(19)29)32(24-13-7-5-6-11-21(24)28)26(14-18(3)33)31-23-12-9-8-10-20(23)27/h5,7-17,31H,4,6H2,1-3H3/b26-14-. The van der Waals surface area contributed by atoms with Crippen molar-refractivity contribution >= 4 is 17.3 Å². The van der Waals surface area contributed by atoms with E-state index in [0.29, 0.717) is 18.4 Å². The van der Waals surface area contributed by atoms with Crippen molar-refractivity contribution in [2.24, 2.45) is 0 Å². The zero-order valence-corrected chi connectivity index (χ0v) is 18.8. The third-order valence-corrected chi connectivity index (χ3v) is 5.27. The van der Waals surface area contributed by atoms with Crippen molar-refractivity contribution < 1.29 is 18.0 Å². The van der Waals surface area contributed by atoms with Gasteiger partial charge in [0.2, 0.25) is 0 Å². The highest BCUT2D eigenvalue weighted by atomic mass is 19.1. The van der Waals surface area contributed by atoms with Gasteiger partial charge >= 0.3 is 0 Å². The molecule has 2 aromatic rings. The van der Waals surface area contributed by atoms with Crippen LogP contribution in [0.1, 0.15) is 45.1 Å². The van der Waals surface area contributed by atoms with Gasteiger partial charge in [0.05, 0.1) is 17.6 Å². The van der Waals surface area contributed by atoms with Gasteiger partial charge in [0.15, 0.2) is 5.78 Å². The summed E-state index contributed by atoms with van der Waals surface area (Å²) in [6.45, 7) is 5.14. The van der Waals surface area contributed by atoms with E-state index in [0.717, 1.165) is 6.20 Å². The molecule has 7 heteroatoms. The monoisotopic (exact) mass is 453 g/mol. The molecular weight excluding hydrogens is 427 g/mol. The van der Waals surface area contributed by atoms with E-state index in [4.69, 9.17) is 0 Å². The first-order valence-electron chi connectivity index (χ1n) is 10.7. The number of hydrogen-bond donors (Lipinski definition) is 1. The van der Waals surface area contributed by atoms with Gasteiger partial charge in [-0.05, 0) is 61.6 Å². The van der Waals surface area contributed by atoms with Gasteiger partial charge in [0, 0.05) is 6.08 Å². The molecule has 0 fully saturated rings. The summed E-state index contributed by atoms with van der Waals surface area (Å²) in [5.74, 6) is -1.78. The molecule has 0 bridgehead atoms. The number of para-hydroxylation sites is 1. The van der Waals surface area contributed by atoms with E-state index in [1.54, 1.807) is 18.2 Å². The highest BCUT2D eigenvalue weighted by Gasteiger charge is 2.25. The van der Waals surface area contributed by atoms with Crippen LogP contribution in [-0.2, 0) is 4.79 Å². The summed E-state index contributed by atoms with van der Waals surface area (Å²) in [5.41, 5.74) is 0.581. The molecule has 0 radical (unpaired) electrons. The number of pyridine rings is 1. The number of anilines is 2. The third-order valence-electron chi connectivity index (χ3n) is 5.27. The first-order chi connectivity index (χ1) is 15.8. The maximum Gasteiger partial charge on any atom is 0.156 e. The summed E-state index contributed by atoms with van der Waals surface area (Å²) in [5, 5.41) is 2.89. The number of hydrogen-bond acceptors (Lipinski definition) is 4. The van der Waals surface area contributed by atoms with Crippen molar-refractivity contribution in [3.8, 4) is 0 Å². The molecule has 172 valence electrons. The molecule has 0 saturated carbocycles. The summed E-state index contributed by atoms with van der Waals surface area (Å²) < 4.78 is 44.1. The average Bonchev–Trinajstić information content (AvgIpc) is 3.00. The van der Waals surface area contributed by atoms with Gasteiger partial charge in [-0.1, -0.05) is 38.1 Å². The Labute approximate surface area is 191 Å². The molecule has 1 aromatic heterocycles. The molecule has 0 aliphatic heterocycles. The highest BCUT2D eigenvalue weighted by Crippen LogP contribution is 2.33. The van der Waals surface area contributed by atoms with E-state index in [9.17, 15) is 13.6 Å². The molecule has 1 aliphatic rings. The molecule has 0 amide bonds. The predicted molar refractivity (Wildman–Crippen MR) is 125 cm³/mol. The number of aromatic nitrogens is 1. The highest BCUT2D eigenvalue weighted by molar-refractivity contribution is 5.89. The lowest BCUT2D eigenvalue weighted by Gasteiger charge is -2.29. The number of nitrogens with one attached hydrogen (secondary N) is 1. The second kappa shape index (κ2) is 10.8. The van der Waals surface area contributed by atoms with E-state index < -0.39 is 17.5 Å².